The molecule has 0 aliphatic heterocycles. The van der Waals surface area contributed by atoms with Gasteiger partial charge in [-0.2, -0.15) is 0 Å². The third-order valence-electron chi connectivity index (χ3n) is 4.13. The molecule has 0 radical (unpaired) electrons. The minimum absolute atomic E-state index is 0.379. The van der Waals surface area contributed by atoms with Crippen LogP contribution in [-0.2, 0) is 6.42 Å². The molecule has 2 aromatic carbocycles. The summed E-state index contributed by atoms with van der Waals surface area (Å²) in [5.74, 6) is 0.797. The summed E-state index contributed by atoms with van der Waals surface area (Å²) in [7, 11) is 0. The monoisotopic (exact) mass is 282 g/mol. The first-order valence-corrected chi connectivity index (χ1v) is 8.04. The van der Waals surface area contributed by atoms with Crippen molar-refractivity contribution in [1.29, 1.82) is 0 Å². The van der Waals surface area contributed by atoms with Gasteiger partial charge in [-0.1, -0.05) is 63.1 Å². The number of rotatable bonds is 6. The zero-order chi connectivity index (χ0) is 15.2. The van der Waals surface area contributed by atoms with Crippen LogP contribution in [0.5, 0.6) is 5.75 Å². The number of aromatic hydroxyl groups is 1. The van der Waals surface area contributed by atoms with Crippen molar-refractivity contribution < 1.29 is 5.11 Å². The summed E-state index contributed by atoms with van der Waals surface area (Å²) in [4.78, 5) is 0. The van der Waals surface area contributed by atoms with E-state index in [-0.39, 0.29) is 0 Å². The highest BCUT2D eigenvalue weighted by Gasteiger charge is 2.18. The van der Waals surface area contributed by atoms with Crippen molar-refractivity contribution >= 4 is 0 Å². The van der Waals surface area contributed by atoms with E-state index in [9.17, 15) is 5.11 Å². The highest BCUT2D eigenvalue weighted by atomic mass is 16.3. The summed E-state index contributed by atoms with van der Waals surface area (Å²) >= 11 is 0. The van der Waals surface area contributed by atoms with Gasteiger partial charge in [0.2, 0.25) is 0 Å². The summed E-state index contributed by atoms with van der Waals surface area (Å²) in [6.45, 7) is 6.42. The molecule has 112 valence electrons. The Balaban J connectivity index is 2.51. The van der Waals surface area contributed by atoms with E-state index in [0.29, 0.717) is 11.7 Å². The number of hydrogen-bond acceptors (Lipinski definition) is 1. The lowest BCUT2D eigenvalue weighted by molar-refractivity contribution is 0.469. The fourth-order valence-corrected chi connectivity index (χ4v) is 3.06. The van der Waals surface area contributed by atoms with Crippen LogP contribution >= 0.6 is 0 Å². The summed E-state index contributed by atoms with van der Waals surface area (Å²) < 4.78 is 0. The molecule has 1 heteroatoms. The van der Waals surface area contributed by atoms with Crippen LogP contribution in [0.1, 0.15) is 61.3 Å². The van der Waals surface area contributed by atoms with E-state index in [1.165, 1.54) is 16.7 Å². The second-order valence-corrected chi connectivity index (χ2v) is 5.84. The van der Waals surface area contributed by atoms with Crippen LogP contribution in [0.15, 0.2) is 42.5 Å². The van der Waals surface area contributed by atoms with Crippen LogP contribution in [-0.4, -0.2) is 5.11 Å². The first-order valence-electron chi connectivity index (χ1n) is 8.04. The van der Waals surface area contributed by atoms with E-state index in [2.05, 4.69) is 50.2 Å². The number of aryl methyl sites for hydroxylation is 2. The highest BCUT2D eigenvalue weighted by Crippen LogP contribution is 2.35. The lowest BCUT2D eigenvalue weighted by Crippen LogP contribution is -2.05. The molecule has 0 spiro atoms. The number of benzene rings is 2. The Bertz CT molecular complexity index is 572. The van der Waals surface area contributed by atoms with Crippen LogP contribution in [0.4, 0.5) is 0 Å². The topological polar surface area (TPSA) is 20.2 Å². The van der Waals surface area contributed by atoms with E-state index in [1.807, 2.05) is 13.0 Å². The van der Waals surface area contributed by atoms with Gasteiger partial charge in [-0.3, -0.25) is 0 Å². The van der Waals surface area contributed by atoms with Crippen LogP contribution in [0.25, 0.3) is 0 Å². The van der Waals surface area contributed by atoms with Crippen molar-refractivity contribution in [2.45, 2.75) is 52.4 Å². The van der Waals surface area contributed by atoms with Gasteiger partial charge in [0.25, 0.3) is 0 Å². The molecule has 0 amide bonds. The molecule has 1 N–H and O–H groups in total. The van der Waals surface area contributed by atoms with Gasteiger partial charge in [-0.15, -0.1) is 0 Å². The minimum Gasteiger partial charge on any atom is -0.508 e. The predicted molar refractivity (Wildman–Crippen MR) is 90.0 cm³/mol. The lowest BCUT2D eigenvalue weighted by atomic mass is 9.83. The molecule has 0 saturated heterocycles. The van der Waals surface area contributed by atoms with Crippen LogP contribution in [0.2, 0.25) is 0 Å². The molecule has 2 aromatic rings. The maximum atomic E-state index is 10.2. The van der Waals surface area contributed by atoms with Gasteiger partial charge in [-0.05, 0) is 48.1 Å². The summed E-state index contributed by atoms with van der Waals surface area (Å²) in [5.41, 5.74) is 5.01. The quantitative estimate of drug-likeness (QED) is 0.732. The third kappa shape index (κ3) is 3.66. The Kier molecular flexibility index (Phi) is 5.44. The lowest BCUT2D eigenvalue weighted by Gasteiger charge is -2.22. The van der Waals surface area contributed by atoms with Gasteiger partial charge in [0.15, 0.2) is 0 Å². The average Bonchev–Trinajstić information content (AvgIpc) is 2.50. The van der Waals surface area contributed by atoms with Gasteiger partial charge in [0.1, 0.15) is 5.75 Å². The minimum atomic E-state index is 0.379. The van der Waals surface area contributed by atoms with Crippen molar-refractivity contribution in [3.05, 3.63) is 64.7 Å². The standard InChI is InChI=1S/C20H26O/c1-4-9-17-13-15(3)20(21)14-19(17)18(10-5-2)16-11-7-6-8-12-16/h6-8,11-14,18,21H,4-5,9-10H2,1-3H3. The Morgan fingerprint density at radius 2 is 1.71 bits per heavy atom. The molecule has 1 unspecified atom stereocenters. The van der Waals surface area contributed by atoms with Crippen molar-refractivity contribution in [2.75, 3.05) is 0 Å². The van der Waals surface area contributed by atoms with Crippen molar-refractivity contribution in [3.63, 3.8) is 0 Å². The zero-order valence-electron chi connectivity index (χ0n) is 13.4. The first-order chi connectivity index (χ1) is 10.2. The summed E-state index contributed by atoms with van der Waals surface area (Å²) in [6, 6.07) is 14.8. The molecule has 21 heavy (non-hydrogen) atoms. The molecule has 0 aromatic heterocycles. The number of phenolic OH excluding ortho intramolecular Hbond substituents is 1. The molecular formula is C20H26O. The number of phenols is 1. The van der Waals surface area contributed by atoms with E-state index >= 15 is 0 Å². The smallest absolute Gasteiger partial charge is 0.118 e. The van der Waals surface area contributed by atoms with E-state index in [1.54, 1.807) is 0 Å². The maximum absolute atomic E-state index is 10.2. The van der Waals surface area contributed by atoms with E-state index < -0.39 is 0 Å². The van der Waals surface area contributed by atoms with Crippen molar-refractivity contribution in [3.8, 4) is 5.75 Å². The first kappa shape index (κ1) is 15.6. The van der Waals surface area contributed by atoms with Crippen molar-refractivity contribution in [1.82, 2.24) is 0 Å². The normalized spacial score (nSPS) is 12.3. The molecule has 0 bridgehead atoms. The highest BCUT2D eigenvalue weighted by molar-refractivity contribution is 5.46. The molecule has 2 rings (SSSR count). The Morgan fingerprint density at radius 1 is 1.00 bits per heavy atom. The Labute approximate surface area is 128 Å². The molecule has 0 saturated carbocycles. The third-order valence-corrected chi connectivity index (χ3v) is 4.13. The molecular weight excluding hydrogens is 256 g/mol. The second-order valence-electron chi connectivity index (χ2n) is 5.84. The molecule has 0 heterocycles. The molecule has 0 aliphatic carbocycles. The van der Waals surface area contributed by atoms with E-state index in [4.69, 9.17) is 0 Å². The van der Waals surface area contributed by atoms with E-state index in [0.717, 1.165) is 31.2 Å². The van der Waals surface area contributed by atoms with Gasteiger partial charge in [-0.25, -0.2) is 0 Å². The maximum Gasteiger partial charge on any atom is 0.118 e. The summed E-state index contributed by atoms with van der Waals surface area (Å²) in [6.07, 6.45) is 4.46. The predicted octanol–water partition coefficient (Wildman–Crippen LogP) is 5.59. The fourth-order valence-electron chi connectivity index (χ4n) is 3.06. The van der Waals surface area contributed by atoms with Crippen LogP contribution in [0.3, 0.4) is 0 Å². The zero-order valence-corrected chi connectivity index (χ0v) is 13.4. The van der Waals surface area contributed by atoms with Gasteiger partial charge in [0, 0.05) is 5.92 Å². The SMILES string of the molecule is CCCc1cc(C)c(O)cc1C(CCC)c1ccccc1. The molecule has 0 fully saturated rings. The molecule has 0 aliphatic rings. The molecule has 1 nitrogen and oxygen atoms in total. The average molecular weight is 282 g/mol. The van der Waals surface area contributed by atoms with Crippen LogP contribution < -0.4 is 0 Å². The van der Waals surface area contributed by atoms with Gasteiger partial charge in [0.05, 0.1) is 0 Å². The molecule has 1 atom stereocenters. The van der Waals surface area contributed by atoms with Crippen molar-refractivity contribution in [2.24, 2.45) is 0 Å². The second kappa shape index (κ2) is 7.31. The van der Waals surface area contributed by atoms with Gasteiger partial charge < -0.3 is 5.11 Å². The fraction of sp³-hybridized carbons (Fsp3) is 0.400. The largest absolute Gasteiger partial charge is 0.508 e. The Hall–Kier alpha value is -1.76. The number of hydrogen-bond donors (Lipinski definition) is 1. The summed E-state index contributed by atoms with van der Waals surface area (Å²) in [5, 5.41) is 10.2. The Morgan fingerprint density at radius 3 is 2.33 bits per heavy atom. The van der Waals surface area contributed by atoms with Gasteiger partial charge >= 0.3 is 0 Å². The van der Waals surface area contributed by atoms with Crippen LogP contribution in [0, 0.1) is 6.92 Å².